The number of alkyl carbamates (subject to hydrolysis) is 1. The number of carbonyl (C=O) groups excluding carboxylic acids is 4. The lowest BCUT2D eigenvalue weighted by Crippen LogP contribution is -2.58. The number of hydrogen-bond donors (Lipinski definition) is 3. The van der Waals surface area contributed by atoms with Crippen molar-refractivity contribution in [1.82, 2.24) is 20.3 Å². The molecule has 7 rings (SSSR count). The van der Waals surface area contributed by atoms with Gasteiger partial charge in [0.05, 0.1) is 25.5 Å². The van der Waals surface area contributed by atoms with E-state index in [0.717, 1.165) is 79.0 Å². The summed E-state index contributed by atoms with van der Waals surface area (Å²) in [6, 6.07) is 8.12. The smallest absolute Gasteiger partial charge is 0.407 e. The van der Waals surface area contributed by atoms with E-state index in [1.807, 2.05) is 24.3 Å². The fraction of sp³-hybridized carbons (Fsp3) is 0.650. The summed E-state index contributed by atoms with van der Waals surface area (Å²) in [5.41, 5.74) is -0.661. The van der Waals surface area contributed by atoms with E-state index >= 15 is 0 Å². The van der Waals surface area contributed by atoms with E-state index in [9.17, 15) is 27.6 Å². The van der Waals surface area contributed by atoms with Gasteiger partial charge in [-0.25, -0.2) is 13.2 Å². The van der Waals surface area contributed by atoms with Crippen LogP contribution in [0.3, 0.4) is 0 Å². The molecule has 4 amide bonds. The Morgan fingerprint density at radius 1 is 0.889 bits per heavy atom. The van der Waals surface area contributed by atoms with Gasteiger partial charge in [0.15, 0.2) is 0 Å². The van der Waals surface area contributed by atoms with E-state index in [1.165, 1.54) is 4.90 Å². The Balaban J connectivity index is 1.28. The number of nitrogens with zero attached hydrogens (tertiary/aromatic N) is 1. The van der Waals surface area contributed by atoms with Gasteiger partial charge in [-0.3, -0.25) is 19.1 Å². The maximum absolute atomic E-state index is 14.7. The molecule has 3 aliphatic heterocycles. The zero-order valence-corrected chi connectivity index (χ0v) is 32.3. The lowest BCUT2D eigenvalue weighted by molar-refractivity contribution is -0.141. The number of hydrogen-bond acceptors (Lipinski definition) is 9. The number of aryl methyl sites for hydroxylation is 1. The highest BCUT2D eigenvalue weighted by Gasteiger charge is 2.63. The largest absolute Gasteiger partial charge is 0.496 e. The van der Waals surface area contributed by atoms with Crippen molar-refractivity contribution in [3.63, 3.8) is 0 Å². The van der Waals surface area contributed by atoms with E-state index in [-0.39, 0.29) is 25.5 Å². The lowest BCUT2D eigenvalue weighted by Gasteiger charge is -2.31. The third-order valence-electron chi connectivity index (χ3n) is 12.3. The van der Waals surface area contributed by atoms with Crippen LogP contribution >= 0.6 is 0 Å². The van der Waals surface area contributed by atoms with Crippen LogP contribution in [0.4, 0.5) is 4.79 Å². The molecule has 3 N–H and O–H groups in total. The molecule has 0 aromatic heterocycles. The number of rotatable bonds is 5. The van der Waals surface area contributed by atoms with Crippen molar-refractivity contribution in [3.8, 4) is 5.75 Å². The predicted octanol–water partition coefficient (Wildman–Crippen LogP) is 4.73. The Hall–Kier alpha value is -3.91. The minimum absolute atomic E-state index is 0.0147. The number of nitrogens with one attached hydrogen (secondary N) is 3. The molecule has 2 aromatic carbocycles. The molecule has 2 saturated heterocycles. The number of cyclic esters (lactones) is 1. The number of benzene rings is 2. The molecule has 0 radical (unpaired) electrons. The van der Waals surface area contributed by atoms with Gasteiger partial charge in [0.25, 0.3) is 5.91 Å². The fourth-order valence-electron chi connectivity index (χ4n) is 8.80. The Bertz CT molecular complexity index is 1880. The molecule has 4 fully saturated rings. The first-order valence-electron chi connectivity index (χ1n) is 19.8. The van der Waals surface area contributed by atoms with Crippen molar-refractivity contribution in [3.05, 3.63) is 41.5 Å². The minimum Gasteiger partial charge on any atom is -0.496 e. The van der Waals surface area contributed by atoms with E-state index < -0.39 is 62.3 Å². The van der Waals surface area contributed by atoms with Gasteiger partial charge in [-0.15, -0.1) is 0 Å². The van der Waals surface area contributed by atoms with Gasteiger partial charge in [-0.1, -0.05) is 57.1 Å². The first-order valence-corrected chi connectivity index (χ1v) is 21.3. The summed E-state index contributed by atoms with van der Waals surface area (Å²) in [5.74, 6) is -1.14. The summed E-state index contributed by atoms with van der Waals surface area (Å²) in [5, 5.41) is 7.17. The lowest BCUT2D eigenvalue weighted by atomic mass is 9.88. The zero-order valence-electron chi connectivity index (χ0n) is 31.5. The molecule has 0 spiro atoms. The number of amides is 4. The highest BCUT2D eigenvalue weighted by atomic mass is 32.2. The molecule has 54 heavy (non-hydrogen) atoms. The normalized spacial score (nSPS) is 30.1. The Kier molecular flexibility index (Phi) is 11.1. The minimum atomic E-state index is -3.86. The maximum atomic E-state index is 14.7. The molecular formula is C40H54N4O9S. The van der Waals surface area contributed by atoms with Crippen LogP contribution in [0, 0.1) is 5.92 Å². The molecule has 13 nitrogen and oxygen atoms in total. The third kappa shape index (κ3) is 7.91. The van der Waals surface area contributed by atoms with Crippen molar-refractivity contribution < 1.29 is 41.8 Å². The molecule has 2 saturated carbocycles. The number of ether oxygens (including phenoxy) is 3. The summed E-state index contributed by atoms with van der Waals surface area (Å²) >= 11 is 0. The zero-order chi connectivity index (χ0) is 38.1. The standard InChI is InChI=1S/C40H54N4O9S/c1-51-34-22-26-15-16-29-21-28(26)20-27(34)12-8-6-7-11-19-53-38(48)41-32-14-10-5-3-4-9-13-30-23-40(30,37(47)43-54(49,50)31-17-18-31)42-35(45)33-24-39(29,52-2)25-44(33)36(32)46/h15-16,20-22,30-33H,3-14,17-19,23-25H2,1-2H3,(H,41,48)(H,42,45)(H,43,47)/t30-,32-,33-,39-,40+/m0/s1. The number of carbonyl (C=O) groups is 4. The van der Waals surface area contributed by atoms with Gasteiger partial charge in [-0.2, -0.15) is 0 Å². The Morgan fingerprint density at radius 2 is 1.63 bits per heavy atom. The van der Waals surface area contributed by atoms with E-state index in [0.29, 0.717) is 44.9 Å². The van der Waals surface area contributed by atoms with E-state index in [4.69, 9.17) is 14.2 Å². The van der Waals surface area contributed by atoms with E-state index in [1.54, 1.807) is 14.2 Å². The summed E-state index contributed by atoms with van der Waals surface area (Å²) in [6.07, 6.45) is 10.1. The first-order chi connectivity index (χ1) is 26.0. The second-order valence-electron chi connectivity index (χ2n) is 16.0. The van der Waals surface area contributed by atoms with Crippen LogP contribution < -0.4 is 20.1 Å². The van der Waals surface area contributed by atoms with Gasteiger partial charge in [0, 0.05) is 13.5 Å². The highest BCUT2D eigenvalue weighted by molar-refractivity contribution is 7.91. The average molecular weight is 767 g/mol. The van der Waals surface area contributed by atoms with Gasteiger partial charge >= 0.3 is 6.09 Å². The molecule has 2 aliphatic carbocycles. The van der Waals surface area contributed by atoms with Gasteiger partial charge in [0.2, 0.25) is 21.8 Å². The number of sulfonamides is 1. The monoisotopic (exact) mass is 766 g/mol. The van der Waals surface area contributed by atoms with Gasteiger partial charge in [0.1, 0.15) is 29.0 Å². The summed E-state index contributed by atoms with van der Waals surface area (Å²) in [7, 11) is -0.629. The van der Waals surface area contributed by atoms with Crippen LogP contribution in [-0.4, -0.2) is 87.4 Å². The summed E-state index contributed by atoms with van der Waals surface area (Å²) in [4.78, 5) is 57.8. The van der Waals surface area contributed by atoms with Crippen LogP contribution in [-0.2, 0) is 45.9 Å². The third-order valence-corrected chi connectivity index (χ3v) is 14.2. The number of methoxy groups -OCH3 is 2. The second kappa shape index (κ2) is 15.7. The molecule has 6 bridgehead atoms. The predicted molar refractivity (Wildman–Crippen MR) is 201 cm³/mol. The molecule has 0 unspecified atom stereocenters. The quantitative estimate of drug-likeness (QED) is 0.390. The topological polar surface area (TPSA) is 169 Å². The number of fused-ring (bicyclic) bond motifs is 6. The van der Waals surface area contributed by atoms with Crippen LogP contribution in [0.15, 0.2) is 30.3 Å². The van der Waals surface area contributed by atoms with Gasteiger partial charge < -0.3 is 29.7 Å². The SMILES string of the molecule is COc1cc2ccc3cc2cc1CCCCCCOC(=O)N[C@H]1CCCCCCC[C@H]2C[C@@]2(C(=O)NS(=O)(=O)C2CC2)NC(=O)[C@@H]2C[C@]3(OC)CN2C1=O. The van der Waals surface area contributed by atoms with Crippen LogP contribution in [0.5, 0.6) is 5.75 Å². The molecule has 14 heteroatoms. The van der Waals surface area contributed by atoms with Gasteiger partial charge in [-0.05, 0) is 97.4 Å². The Labute approximate surface area is 317 Å². The maximum Gasteiger partial charge on any atom is 0.407 e. The van der Waals surface area contributed by atoms with Crippen LogP contribution in [0.25, 0.3) is 10.8 Å². The average Bonchev–Trinajstić information content (AvgIpc) is 4.08. The van der Waals surface area contributed by atoms with Crippen molar-refractivity contribution in [2.75, 3.05) is 27.4 Å². The highest BCUT2D eigenvalue weighted by Crippen LogP contribution is 2.49. The molecule has 3 heterocycles. The molecular weight excluding hydrogens is 713 g/mol. The fourth-order valence-corrected chi connectivity index (χ4v) is 10.2. The van der Waals surface area contributed by atoms with Crippen molar-refractivity contribution >= 4 is 44.6 Å². The van der Waals surface area contributed by atoms with Crippen LogP contribution in [0.2, 0.25) is 0 Å². The molecule has 5 atom stereocenters. The van der Waals surface area contributed by atoms with Crippen molar-refractivity contribution in [2.45, 2.75) is 131 Å². The summed E-state index contributed by atoms with van der Waals surface area (Å²) < 4.78 is 45.7. The summed E-state index contributed by atoms with van der Waals surface area (Å²) in [6.45, 7) is 0.234. The first kappa shape index (κ1) is 38.4. The van der Waals surface area contributed by atoms with Crippen molar-refractivity contribution in [1.29, 1.82) is 0 Å². The Morgan fingerprint density at radius 3 is 2.39 bits per heavy atom. The molecule has 2 aromatic rings. The van der Waals surface area contributed by atoms with Crippen LogP contribution in [0.1, 0.15) is 107 Å². The van der Waals surface area contributed by atoms with Crippen molar-refractivity contribution in [2.24, 2.45) is 5.92 Å². The second-order valence-corrected chi connectivity index (χ2v) is 18.0. The molecule has 5 aliphatic rings. The van der Waals surface area contributed by atoms with E-state index in [2.05, 4.69) is 21.4 Å². The molecule has 294 valence electrons.